The number of carboxylic acids is 1. The van der Waals surface area contributed by atoms with Crippen molar-refractivity contribution >= 4 is 38.7 Å². The van der Waals surface area contributed by atoms with E-state index in [1.165, 1.54) is 0 Å². The van der Waals surface area contributed by atoms with Gasteiger partial charge in [0.25, 0.3) is 5.91 Å². The van der Waals surface area contributed by atoms with E-state index in [9.17, 15) is 9.59 Å². The average Bonchev–Trinajstić information content (AvgIpc) is 3.09. The van der Waals surface area contributed by atoms with Gasteiger partial charge in [0, 0.05) is 29.0 Å². The molecule has 0 aliphatic rings. The molecule has 0 saturated carbocycles. The minimum absolute atomic E-state index is 0.134. The third-order valence-corrected chi connectivity index (χ3v) is 4.40. The second-order valence-corrected chi connectivity index (χ2v) is 6.64. The number of H-pyrrole nitrogens is 1. The Morgan fingerprint density at radius 1 is 1.31 bits per heavy atom. The molecule has 134 valence electrons. The van der Waals surface area contributed by atoms with Gasteiger partial charge in [-0.3, -0.25) is 9.89 Å². The van der Waals surface area contributed by atoms with Crippen molar-refractivity contribution in [1.82, 2.24) is 15.1 Å². The Kier molecular flexibility index (Phi) is 5.22. The Balaban J connectivity index is 1.74. The molecule has 8 heteroatoms. The normalized spacial score (nSPS) is 10.7. The zero-order chi connectivity index (χ0) is 18.7. The number of amides is 1. The first-order valence-electron chi connectivity index (χ1n) is 7.75. The molecule has 3 aromatic rings. The third kappa shape index (κ3) is 4.02. The van der Waals surface area contributed by atoms with Crippen LogP contribution in [0.3, 0.4) is 0 Å². The molecule has 1 heterocycles. The van der Waals surface area contributed by atoms with Gasteiger partial charge < -0.3 is 14.7 Å². The Hall–Kier alpha value is -2.87. The lowest BCUT2D eigenvalue weighted by Gasteiger charge is -2.18. The molecule has 0 radical (unpaired) electrons. The number of rotatable bonds is 6. The molecule has 3 rings (SSSR count). The number of halogens is 1. The number of aromatic nitrogens is 2. The van der Waals surface area contributed by atoms with E-state index in [0.717, 1.165) is 20.9 Å². The van der Waals surface area contributed by atoms with E-state index in [1.807, 2.05) is 6.07 Å². The van der Waals surface area contributed by atoms with Crippen LogP contribution in [0, 0.1) is 0 Å². The number of ether oxygens (including phenoxy) is 1. The molecule has 0 aliphatic heterocycles. The standard InChI is InChI=1S/C18H16BrN3O4/c1-22(9-11-3-2-4-14(5-11)26-10-16(23)24)18(25)12-6-13-8-20-21-17(13)15(19)7-12/h2-8H,9-10H2,1H3,(H,20,21)(H,23,24). The molecule has 0 unspecified atom stereocenters. The van der Waals surface area contributed by atoms with Crippen LogP contribution in [-0.2, 0) is 11.3 Å². The fraction of sp³-hybridized carbons (Fsp3) is 0.167. The fourth-order valence-electron chi connectivity index (χ4n) is 2.58. The first kappa shape index (κ1) is 17.9. The highest BCUT2D eigenvalue weighted by Gasteiger charge is 2.15. The molecule has 0 spiro atoms. The molecule has 0 atom stereocenters. The molecule has 1 aromatic heterocycles. The van der Waals surface area contributed by atoms with Crippen molar-refractivity contribution in [3.63, 3.8) is 0 Å². The van der Waals surface area contributed by atoms with Crippen LogP contribution in [-0.4, -0.2) is 45.7 Å². The number of hydrogen-bond acceptors (Lipinski definition) is 4. The summed E-state index contributed by atoms with van der Waals surface area (Å²) < 4.78 is 5.94. The van der Waals surface area contributed by atoms with Crippen LogP contribution in [0.1, 0.15) is 15.9 Å². The average molecular weight is 418 g/mol. The number of carbonyl (C=O) groups excluding carboxylic acids is 1. The van der Waals surface area contributed by atoms with E-state index in [0.29, 0.717) is 17.9 Å². The fourth-order valence-corrected chi connectivity index (χ4v) is 3.15. The molecule has 26 heavy (non-hydrogen) atoms. The first-order valence-corrected chi connectivity index (χ1v) is 8.55. The molecule has 0 fully saturated rings. The van der Waals surface area contributed by atoms with Crippen molar-refractivity contribution in [2.24, 2.45) is 0 Å². The van der Waals surface area contributed by atoms with Crippen molar-refractivity contribution in [1.29, 1.82) is 0 Å². The molecule has 7 nitrogen and oxygen atoms in total. The number of benzene rings is 2. The molecule has 2 aromatic carbocycles. The van der Waals surface area contributed by atoms with Gasteiger partial charge in [-0.2, -0.15) is 5.10 Å². The summed E-state index contributed by atoms with van der Waals surface area (Å²) in [5.74, 6) is -0.720. The number of carboxylic acid groups (broad SMARTS) is 1. The molecule has 1 amide bonds. The number of aromatic amines is 1. The maximum Gasteiger partial charge on any atom is 0.341 e. The highest BCUT2D eigenvalue weighted by molar-refractivity contribution is 9.10. The number of fused-ring (bicyclic) bond motifs is 1. The van der Waals surface area contributed by atoms with E-state index in [1.54, 1.807) is 48.5 Å². The van der Waals surface area contributed by atoms with Gasteiger partial charge in [-0.05, 0) is 45.8 Å². The largest absolute Gasteiger partial charge is 0.482 e. The lowest BCUT2D eigenvalue weighted by molar-refractivity contribution is -0.139. The molecule has 0 bridgehead atoms. The number of aliphatic carboxylic acids is 1. The summed E-state index contributed by atoms with van der Waals surface area (Å²) >= 11 is 3.44. The first-order chi connectivity index (χ1) is 12.4. The van der Waals surface area contributed by atoms with E-state index < -0.39 is 12.6 Å². The van der Waals surface area contributed by atoms with Crippen molar-refractivity contribution in [3.05, 3.63) is 58.2 Å². The van der Waals surface area contributed by atoms with Crippen LogP contribution in [0.2, 0.25) is 0 Å². The van der Waals surface area contributed by atoms with Crippen LogP contribution >= 0.6 is 15.9 Å². The predicted octanol–water partition coefficient (Wildman–Crippen LogP) is 3.06. The van der Waals surface area contributed by atoms with Crippen LogP contribution < -0.4 is 4.74 Å². The minimum Gasteiger partial charge on any atom is -0.482 e. The Labute approximate surface area is 157 Å². The maximum absolute atomic E-state index is 12.7. The third-order valence-electron chi connectivity index (χ3n) is 3.77. The van der Waals surface area contributed by atoms with Crippen molar-refractivity contribution in [2.75, 3.05) is 13.7 Å². The van der Waals surface area contributed by atoms with Crippen molar-refractivity contribution in [2.45, 2.75) is 6.54 Å². The van der Waals surface area contributed by atoms with Crippen molar-refractivity contribution < 1.29 is 19.4 Å². The van der Waals surface area contributed by atoms with E-state index in [-0.39, 0.29) is 5.91 Å². The molecule has 2 N–H and O–H groups in total. The molecule has 0 aliphatic carbocycles. The minimum atomic E-state index is -1.04. The lowest BCUT2D eigenvalue weighted by atomic mass is 10.1. The van der Waals surface area contributed by atoms with Gasteiger partial charge in [0.2, 0.25) is 0 Å². The van der Waals surface area contributed by atoms with Crippen LogP contribution in [0.15, 0.2) is 47.1 Å². The van der Waals surface area contributed by atoms with Gasteiger partial charge in [-0.1, -0.05) is 12.1 Å². The second kappa shape index (κ2) is 7.57. The topological polar surface area (TPSA) is 95.5 Å². The molecular formula is C18H16BrN3O4. The molecule has 0 saturated heterocycles. The number of hydrogen-bond donors (Lipinski definition) is 2. The summed E-state index contributed by atoms with van der Waals surface area (Å²) in [6.45, 7) is -0.0406. The summed E-state index contributed by atoms with van der Waals surface area (Å²) in [7, 11) is 1.71. The number of carbonyl (C=O) groups is 2. The Bertz CT molecular complexity index is 970. The smallest absolute Gasteiger partial charge is 0.341 e. The van der Waals surface area contributed by atoms with Crippen LogP contribution in [0.5, 0.6) is 5.75 Å². The van der Waals surface area contributed by atoms with Crippen LogP contribution in [0.4, 0.5) is 0 Å². The van der Waals surface area contributed by atoms with Crippen molar-refractivity contribution in [3.8, 4) is 5.75 Å². The SMILES string of the molecule is CN(Cc1cccc(OCC(=O)O)c1)C(=O)c1cc(Br)c2[nH]ncc2c1. The summed E-state index contributed by atoms with van der Waals surface area (Å²) in [5.41, 5.74) is 2.23. The zero-order valence-electron chi connectivity index (χ0n) is 13.9. The maximum atomic E-state index is 12.7. The predicted molar refractivity (Wildman–Crippen MR) is 99.2 cm³/mol. The van der Waals surface area contributed by atoms with Gasteiger partial charge in [-0.25, -0.2) is 4.79 Å². The summed E-state index contributed by atoms with van der Waals surface area (Å²) in [6.07, 6.45) is 1.67. The lowest BCUT2D eigenvalue weighted by Crippen LogP contribution is -2.26. The summed E-state index contributed by atoms with van der Waals surface area (Å²) in [4.78, 5) is 24.9. The van der Waals surface area contributed by atoms with E-state index in [2.05, 4.69) is 26.1 Å². The van der Waals surface area contributed by atoms with Crippen LogP contribution in [0.25, 0.3) is 10.9 Å². The van der Waals surface area contributed by atoms with Gasteiger partial charge in [0.05, 0.1) is 11.7 Å². The van der Waals surface area contributed by atoms with Gasteiger partial charge in [-0.15, -0.1) is 0 Å². The Morgan fingerprint density at radius 3 is 2.88 bits per heavy atom. The van der Waals surface area contributed by atoms with Gasteiger partial charge >= 0.3 is 5.97 Å². The summed E-state index contributed by atoms with van der Waals surface area (Å²) in [6, 6.07) is 10.6. The second-order valence-electron chi connectivity index (χ2n) is 5.78. The highest BCUT2D eigenvalue weighted by atomic mass is 79.9. The van der Waals surface area contributed by atoms with Gasteiger partial charge in [0.15, 0.2) is 6.61 Å². The summed E-state index contributed by atoms with van der Waals surface area (Å²) in [5, 5.41) is 16.4. The number of nitrogens with zero attached hydrogens (tertiary/aromatic N) is 2. The van der Waals surface area contributed by atoms with Gasteiger partial charge in [0.1, 0.15) is 5.75 Å². The quantitative estimate of drug-likeness (QED) is 0.642. The monoisotopic (exact) mass is 417 g/mol. The number of nitrogens with one attached hydrogen (secondary N) is 1. The zero-order valence-corrected chi connectivity index (χ0v) is 15.5. The molecular weight excluding hydrogens is 402 g/mol. The highest BCUT2D eigenvalue weighted by Crippen LogP contribution is 2.25. The Morgan fingerprint density at radius 2 is 2.12 bits per heavy atom. The van der Waals surface area contributed by atoms with E-state index in [4.69, 9.17) is 9.84 Å². The van der Waals surface area contributed by atoms with E-state index >= 15 is 0 Å².